The highest BCUT2D eigenvalue weighted by Crippen LogP contribution is 2.31. The molecule has 1 saturated carbocycles. The number of ether oxygens (including phenoxy) is 2. The molecule has 0 unspecified atom stereocenters. The first-order valence-corrected chi connectivity index (χ1v) is 9.52. The molecule has 26 heavy (non-hydrogen) atoms. The largest absolute Gasteiger partial charge is 0.493 e. The van der Waals surface area contributed by atoms with Crippen LogP contribution in [-0.2, 0) is 6.42 Å². The summed E-state index contributed by atoms with van der Waals surface area (Å²) < 4.78 is 11.3. The van der Waals surface area contributed by atoms with Crippen LogP contribution in [0.1, 0.15) is 28.8 Å². The lowest BCUT2D eigenvalue weighted by Gasteiger charge is -2.23. The van der Waals surface area contributed by atoms with Crippen molar-refractivity contribution in [3.8, 4) is 11.5 Å². The number of nitrogens with zero attached hydrogens (tertiary/aromatic N) is 2. The summed E-state index contributed by atoms with van der Waals surface area (Å²) in [4.78, 5) is 19.1. The Morgan fingerprint density at radius 3 is 2.65 bits per heavy atom. The Labute approximate surface area is 162 Å². The Morgan fingerprint density at radius 1 is 1.23 bits per heavy atom. The van der Waals surface area contributed by atoms with E-state index in [1.54, 1.807) is 26.5 Å². The van der Waals surface area contributed by atoms with Crippen molar-refractivity contribution in [2.24, 2.45) is 5.92 Å². The summed E-state index contributed by atoms with van der Waals surface area (Å²) in [6.07, 6.45) is 4.84. The summed E-state index contributed by atoms with van der Waals surface area (Å²) in [5.74, 6) is 2.07. The topological polar surface area (TPSA) is 51.7 Å². The lowest BCUT2D eigenvalue weighted by atomic mass is 10.1. The number of aromatic nitrogens is 1. The molecule has 138 valence electrons. The summed E-state index contributed by atoms with van der Waals surface area (Å²) in [6, 6.07) is 9.50. The quantitative estimate of drug-likeness (QED) is 0.608. The van der Waals surface area contributed by atoms with E-state index < -0.39 is 0 Å². The van der Waals surface area contributed by atoms with Crippen LogP contribution in [0.3, 0.4) is 0 Å². The molecular weight excluding hydrogens is 396 g/mol. The Hall–Kier alpha value is -2.08. The minimum atomic E-state index is 0.0253. The Kier molecular flexibility index (Phi) is 6.14. The number of amides is 1. The molecule has 1 fully saturated rings. The van der Waals surface area contributed by atoms with Crippen molar-refractivity contribution in [1.29, 1.82) is 0 Å². The van der Waals surface area contributed by atoms with Crippen LogP contribution in [0.2, 0.25) is 0 Å². The molecule has 1 aromatic carbocycles. The second kappa shape index (κ2) is 8.54. The number of rotatable bonds is 8. The van der Waals surface area contributed by atoms with E-state index >= 15 is 0 Å². The lowest BCUT2D eigenvalue weighted by Crippen LogP contribution is -2.35. The Balaban J connectivity index is 1.73. The normalized spacial score (nSPS) is 13.3. The number of pyridine rings is 1. The van der Waals surface area contributed by atoms with Gasteiger partial charge in [0.15, 0.2) is 11.5 Å². The smallest absolute Gasteiger partial charge is 0.256 e. The lowest BCUT2D eigenvalue weighted by molar-refractivity contribution is 0.0748. The molecule has 0 aliphatic heterocycles. The molecule has 1 amide bonds. The summed E-state index contributed by atoms with van der Waals surface area (Å²) in [5, 5.41) is 0. The van der Waals surface area contributed by atoms with Gasteiger partial charge >= 0.3 is 0 Å². The molecule has 3 rings (SSSR count). The third-order valence-corrected chi connectivity index (χ3v) is 5.20. The van der Waals surface area contributed by atoms with Gasteiger partial charge in [-0.1, -0.05) is 6.07 Å². The van der Waals surface area contributed by atoms with Crippen LogP contribution in [-0.4, -0.2) is 43.1 Å². The van der Waals surface area contributed by atoms with Crippen molar-refractivity contribution in [2.45, 2.75) is 19.3 Å². The fraction of sp³-hybridized carbons (Fsp3) is 0.400. The molecule has 0 spiro atoms. The SMILES string of the molecule is COc1ccc(CCN(CC2CC2)C(=O)c2cccnc2Br)cc1OC. The van der Waals surface area contributed by atoms with E-state index in [-0.39, 0.29) is 5.91 Å². The molecule has 0 saturated heterocycles. The molecule has 0 bridgehead atoms. The summed E-state index contributed by atoms with van der Waals surface area (Å²) in [6.45, 7) is 1.46. The van der Waals surface area contributed by atoms with Gasteiger partial charge in [-0.05, 0) is 70.9 Å². The van der Waals surface area contributed by atoms with Crippen molar-refractivity contribution < 1.29 is 14.3 Å². The Bertz CT molecular complexity index is 777. The van der Waals surface area contributed by atoms with E-state index in [0.717, 1.165) is 18.5 Å². The summed E-state index contributed by atoms with van der Waals surface area (Å²) >= 11 is 3.39. The molecule has 1 heterocycles. The van der Waals surface area contributed by atoms with Crippen molar-refractivity contribution in [1.82, 2.24) is 9.88 Å². The van der Waals surface area contributed by atoms with Crippen molar-refractivity contribution >= 4 is 21.8 Å². The first-order chi connectivity index (χ1) is 12.6. The molecule has 5 nitrogen and oxygen atoms in total. The molecule has 1 aromatic heterocycles. The van der Waals surface area contributed by atoms with Gasteiger partial charge in [0.1, 0.15) is 4.60 Å². The second-order valence-corrected chi connectivity index (χ2v) is 7.23. The van der Waals surface area contributed by atoms with Crippen LogP contribution in [0.5, 0.6) is 11.5 Å². The number of carbonyl (C=O) groups is 1. The maximum atomic E-state index is 13.0. The van der Waals surface area contributed by atoms with Gasteiger partial charge in [0.2, 0.25) is 0 Å². The van der Waals surface area contributed by atoms with E-state index in [2.05, 4.69) is 20.9 Å². The highest BCUT2D eigenvalue weighted by atomic mass is 79.9. The van der Waals surface area contributed by atoms with Crippen LogP contribution in [0.4, 0.5) is 0 Å². The maximum Gasteiger partial charge on any atom is 0.256 e. The zero-order valence-corrected chi connectivity index (χ0v) is 16.7. The average molecular weight is 419 g/mol. The molecule has 1 aliphatic rings. The van der Waals surface area contributed by atoms with Gasteiger partial charge < -0.3 is 14.4 Å². The maximum absolute atomic E-state index is 13.0. The number of hydrogen-bond donors (Lipinski definition) is 0. The van der Waals surface area contributed by atoms with Crippen LogP contribution >= 0.6 is 15.9 Å². The Morgan fingerprint density at radius 2 is 2.00 bits per heavy atom. The number of carbonyl (C=O) groups excluding carboxylic acids is 1. The van der Waals surface area contributed by atoms with E-state index in [0.29, 0.717) is 34.1 Å². The van der Waals surface area contributed by atoms with Crippen LogP contribution in [0.25, 0.3) is 0 Å². The number of hydrogen-bond acceptors (Lipinski definition) is 4. The van der Waals surface area contributed by atoms with Gasteiger partial charge in [-0.25, -0.2) is 4.98 Å². The van der Waals surface area contributed by atoms with Gasteiger partial charge in [-0.3, -0.25) is 4.79 Å². The highest BCUT2D eigenvalue weighted by molar-refractivity contribution is 9.10. The van der Waals surface area contributed by atoms with Gasteiger partial charge in [0.25, 0.3) is 5.91 Å². The van der Waals surface area contributed by atoms with E-state index in [4.69, 9.17) is 9.47 Å². The van der Waals surface area contributed by atoms with E-state index in [1.165, 1.54) is 12.8 Å². The molecule has 2 aromatic rings. The monoisotopic (exact) mass is 418 g/mol. The van der Waals surface area contributed by atoms with Gasteiger partial charge in [0, 0.05) is 19.3 Å². The highest BCUT2D eigenvalue weighted by Gasteiger charge is 2.28. The summed E-state index contributed by atoms with van der Waals surface area (Å²) in [5.41, 5.74) is 1.72. The van der Waals surface area contributed by atoms with Crippen molar-refractivity contribution in [2.75, 3.05) is 27.3 Å². The minimum Gasteiger partial charge on any atom is -0.493 e. The van der Waals surface area contributed by atoms with E-state index in [9.17, 15) is 4.79 Å². The van der Waals surface area contributed by atoms with Gasteiger partial charge in [-0.2, -0.15) is 0 Å². The van der Waals surface area contributed by atoms with Crippen molar-refractivity contribution in [3.05, 3.63) is 52.3 Å². The second-order valence-electron chi connectivity index (χ2n) is 6.48. The predicted molar refractivity (Wildman–Crippen MR) is 104 cm³/mol. The van der Waals surface area contributed by atoms with Crippen LogP contribution in [0.15, 0.2) is 41.1 Å². The molecule has 0 atom stereocenters. The minimum absolute atomic E-state index is 0.0253. The molecule has 0 N–H and O–H groups in total. The third-order valence-electron chi connectivity index (χ3n) is 4.57. The number of halogens is 1. The van der Waals surface area contributed by atoms with Crippen LogP contribution in [0, 0.1) is 5.92 Å². The molecule has 6 heteroatoms. The van der Waals surface area contributed by atoms with Crippen LogP contribution < -0.4 is 9.47 Å². The predicted octanol–water partition coefficient (Wildman–Crippen LogP) is 3.96. The zero-order valence-electron chi connectivity index (χ0n) is 15.1. The first kappa shape index (κ1) is 18.7. The van der Waals surface area contributed by atoms with Gasteiger partial charge in [-0.15, -0.1) is 0 Å². The average Bonchev–Trinajstić information content (AvgIpc) is 3.48. The first-order valence-electron chi connectivity index (χ1n) is 8.73. The number of methoxy groups -OCH3 is 2. The molecule has 0 radical (unpaired) electrons. The van der Waals surface area contributed by atoms with Crippen molar-refractivity contribution in [3.63, 3.8) is 0 Å². The van der Waals surface area contributed by atoms with E-state index in [1.807, 2.05) is 29.2 Å². The number of benzene rings is 1. The zero-order chi connectivity index (χ0) is 18.5. The summed E-state index contributed by atoms with van der Waals surface area (Å²) in [7, 11) is 3.25. The fourth-order valence-corrected chi connectivity index (χ4v) is 3.32. The fourth-order valence-electron chi connectivity index (χ4n) is 2.90. The van der Waals surface area contributed by atoms with Gasteiger partial charge in [0.05, 0.1) is 19.8 Å². The standard InChI is InChI=1S/C20H23BrN2O3/c1-25-17-8-7-14(12-18(17)26-2)9-11-23(13-15-5-6-15)20(24)16-4-3-10-22-19(16)21/h3-4,7-8,10,12,15H,5-6,9,11,13H2,1-2H3. The third kappa shape index (κ3) is 4.55. The molecular formula is C20H23BrN2O3. The molecule has 1 aliphatic carbocycles.